The molecular formula is C8H12N2OS. The minimum Gasteiger partial charge on any atom is -0.481 e. The predicted octanol–water partition coefficient (Wildman–Crippen LogP) is 1.99. The lowest BCUT2D eigenvalue weighted by Gasteiger charge is -2.03. The molecule has 0 unspecified atom stereocenters. The second-order valence-corrected chi connectivity index (χ2v) is 4.09. The molecule has 66 valence electrons. The number of nitrogens with zero attached hydrogens (tertiary/aromatic N) is 2. The van der Waals surface area contributed by atoms with E-state index < -0.39 is 0 Å². The third-order valence-corrected chi connectivity index (χ3v) is 2.04. The molecule has 0 aliphatic heterocycles. The second kappa shape index (κ2) is 4.30. The molecule has 1 aromatic heterocycles. The topological polar surface area (TPSA) is 35.0 Å². The molecule has 0 saturated carbocycles. The Morgan fingerprint density at radius 3 is 2.83 bits per heavy atom. The highest BCUT2D eigenvalue weighted by atomic mass is 32.2. The van der Waals surface area contributed by atoms with Crippen LogP contribution in [0.1, 0.15) is 13.8 Å². The normalized spacial score (nSPS) is 10.3. The minimum atomic E-state index is 0.497. The Kier molecular flexibility index (Phi) is 3.34. The summed E-state index contributed by atoms with van der Waals surface area (Å²) in [4.78, 5) is 8.26. The molecule has 0 amide bonds. The molecule has 1 aromatic rings. The molecule has 0 aromatic carbocycles. The van der Waals surface area contributed by atoms with Crippen molar-refractivity contribution in [1.29, 1.82) is 0 Å². The van der Waals surface area contributed by atoms with Crippen LogP contribution in [0, 0.1) is 0 Å². The molecule has 1 heterocycles. The third-order valence-electron chi connectivity index (χ3n) is 1.16. The summed E-state index contributed by atoms with van der Waals surface area (Å²) in [6, 6.07) is 1.74. The van der Waals surface area contributed by atoms with Gasteiger partial charge < -0.3 is 4.74 Å². The first-order valence-electron chi connectivity index (χ1n) is 3.76. The van der Waals surface area contributed by atoms with Crippen molar-refractivity contribution >= 4 is 11.8 Å². The van der Waals surface area contributed by atoms with Crippen molar-refractivity contribution in [1.82, 2.24) is 9.97 Å². The van der Waals surface area contributed by atoms with Gasteiger partial charge in [-0.25, -0.2) is 4.98 Å². The van der Waals surface area contributed by atoms with Gasteiger partial charge in [0.1, 0.15) is 0 Å². The molecule has 12 heavy (non-hydrogen) atoms. The van der Waals surface area contributed by atoms with Crippen LogP contribution in [0.15, 0.2) is 17.4 Å². The number of rotatable bonds is 3. The summed E-state index contributed by atoms with van der Waals surface area (Å²) in [5.74, 6) is 0.619. The van der Waals surface area contributed by atoms with Crippen LogP contribution in [0.2, 0.25) is 0 Å². The number of ether oxygens (including phenoxy) is 1. The van der Waals surface area contributed by atoms with E-state index in [0.717, 1.165) is 5.16 Å². The molecule has 0 radical (unpaired) electrons. The monoisotopic (exact) mass is 184 g/mol. The summed E-state index contributed by atoms with van der Waals surface area (Å²) < 4.78 is 4.97. The number of aromatic nitrogens is 2. The van der Waals surface area contributed by atoms with Gasteiger partial charge in [-0.05, 0) is 0 Å². The van der Waals surface area contributed by atoms with Gasteiger partial charge in [0.15, 0.2) is 5.16 Å². The summed E-state index contributed by atoms with van der Waals surface area (Å²) in [5.41, 5.74) is 0. The van der Waals surface area contributed by atoms with Crippen molar-refractivity contribution in [2.24, 2.45) is 0 Å². The zero-order valence-corrected chi connectivity index (χ0v) is 8.26. The van der Waals surface area contributed by atoms with E-state index in [9.17, 15) is 0 Å². The Labute approximate surface area is 76.6 Å². The molecule has 1 rings (SSSR count). The highest BCUT2D eigenvalue weighted by Gasteiger charge is 2.01. The van der Waals surface area contributed by atoms with Crippen LogP contribution in [0.4, 0.5) is 0 Å². The molecule has 0 aliphatic carbocycles. The lowest BCUT2D eigenvalue weighted by Crippen LogP contribution is -1.94. The SMILES string of the molecule is COc1ccnc(SC(C)C)n1. The number of hydrogen-bond donors (Lipinski definition) is 0. The first kappa shape index (κ1) is 9.32. The van der Waals surface area contributed by atoms with Crippen LogP contribution < -0.4 is 4.74 Å². The van der Waals surface area contributed by atoms with E-state index in [1.54, 1.807) is 31.1 Å². The highest BCUT2D eigenvalue weighted by Crippen LogP contribution is 2.19. The van der Waals surface area contributed by atoms with Crippen LogP contribution in [-0.2, 0) is 0 Å². The summed E-state index contributed by atoms with van der Waals surface area (Å²) in [5, 5.41) is 1.27. The molecular weight excluding hydrogens is 172 g/mol. The van der Waals surface area contributed by atoms with Gasteiger partial charge in [0.2, 0.25) is 5.88 Å². The fourth-order valence-electron chi connectivity index (χ4n) is 0.706. The highest BCUT2D eigenvalue weighted by molar-refractivity contribution is 7.99. The van der Waals surface area contributed by atoms with E-state index in [0.29, 0.717) is 11.1 Å². The van der Waals surface area contributed by atoms with Gasteiger partial charge in [-0.15, -0.1) is 0 Å². The summed E-state index contributed by atoms with van der Waals surface area (Å²) in [6.45, 7) is 4.21. The lowest BCUT2D eigenvalue weighted by atomic mass is 10.6. The second-order valence-electron chi connectivity index (χ2n) is 2.55. The average molecular weight is 184 g/mol. The standard InChI is InChI=1S/C8H12N2OS/c1-6(2)12-8-9-5-4-7(10-8)11-3/h4-6H,1-3H3. The fourth-order valence-corrected chi connectivity index (χ4v) is 1.39. The Morgan fingerprint density at radius 1 is 1.50 bits per heavy atom. The largest absolute Gasteiger partial charge is 0.481 e. The van der Waals surface area contributed by atoms with Crippen LogP contribution >= 0.6 is 11.8 Å². The molecule has 0 saturated heterocycles. The van der Waals surface area contributed by atoms with Crippen molar-refractivity contribution in [3.63, 3.8) is 0 Å². The molecule has 0 N–H and O–H groups in total. The average Bonchev–Trinajstić information content (AvgIpc) is 2.03. The smallest absolute Gasteiger partial charge is 0.216 e. The van der Waals surface area contributed by atoms with Crippen molar-refractivity contribution in [2.45, 2.75) is 24.3 Å². The molecule has 0 spiro atoms. The van der Waals surface area contributed by atoms with Crippen LogP contribution in [0.3, 0.4) is 0 Å². The van der Waals surface area contributed by atoms with Crippen LogP contribution in [-0.4, -0.2) is 22.3 Å². The Hall–Kier alpha value is -0.770. The Balaban J connectivity index is 2.72. The molecule has 4 heteroatoms. The quantitative estimate of drug-likeness (QED) is 0.531. The van der Waals surface area contributed by atoms with Crippen molar-refractivity contribution in [3.8, 4) is 5.88 Å². The molecule has 3 nitrogen and oxygen atoms in total. The fraction of sp³-hybridized carbons (Fsp3) is 0.500. The van der Waals surface area contributed by atoms with E-state index >= 15 is 0 Å². The first-order valence-corrected chi connectivity index (χ1v) is 4.64. The van der Waals surface area contributed by atoms with E-state index in [1.807, 2.05) is 0 Å². The maximum atomic E-state index is 4.97. The van der Waals surface area contributed by atoms with Gasteiger partial charge in [-0.2, -0.15) is 4.98 Å². The lowest BCUT2D eigenvalue weighted by molar-refractivity contribution is 0.392. The van der Waals surface area contributed by atoms with Crippen molar-refractivity contribution < 1.29 is 4.74 Å². The molecule has 0 aliphatic rings. The summed E-state index contributed by atoms with van der Waals surface area (Å²) >= 11 is 1.63. The summed E-state index contributed by atoms with van der Waals surface area (Å²) in [6.07, 6.45) is 1.70. The number of hydrogen-bond acceptors (Lipinski definition) is 4. The van der Waals surface area contributed by atoms with Gasteiger partial charge >= 0.3 is 0 Å². The van der Waals surface area contributed by atoms with Crippen molar-refractivity contribution in [2.75, 3.05) is 7.11 Å². The zero-order valence-electron chi connectivity index (χ0n) is 7.44. The first-order chi connectivity index (χ1) is 5.72. The maximum absolute atomic E-state index is 4.97. The van der Waals surface area contributed by atoms with Gasteiger partial charge in [0.05, 0.1) is 7.11 Å². The van der Waals surface area contributed by atoms with Gasteiger partial charge in [-0.3, -0.25) is 0 Å². The number of thioether (sulfide) groups is 1. The summed E-state index contributed by atoms with van der Waals surface area (Å²) in [7, 11) is 1.60. The van der Waals surface area contributed by atoms with E-state index in [4.69, 9.17) is 4.74 Å². The Morgan fingerprint density at radius 2 is 2.25 bits per heavy atom. The maximum Gasteiger partial charge on any atom is 0.216 e. The predicted molar refractivity (Wildman–Crippen MR) is 49.6 cm³/mol. The minimum absolute atomic E-state index is 0.497. The van der Waals surface area contributed by atoms with Gasteiger partial charge in [0.25, 0.3) is 0 Å². The van der Waals surface area contributed by atoms with Gasteiger partial charge in [0, 0.05) is 17.5 Å². The van der Waals surface area contributed by atoms with E-state index in [2.05, 4.69) is 23.8 Å². The van der Waals surface area contributed by atoms with Crippen LogP contribution in [0.25, 0.3) is 0 Å². The van der Waals surface area contributed by atoms with E-state index in [-0.39, 0.29) is 0 Å². The van der Waals surface area contributed by atoms with E-state index in [1.165, 1.54) is 0 Å². The molecule has 0 bridgehead atoms. The number of methoxy groups -OCH3 is 1. The third kappa shape index (κ3) is 2.70. The van der Waals surface area contributed by atoms with Gasteiger partial charge in [-0.1, -0.05) is 25.6 Å². The molecule has 0 fully saturated rings. The zero-order chi connectivity index (χ0) is 8.97. The molecule has 0 atom stereocenters. The Bertz CT molecular complexity index is 253. The van der Waals surface area contributed by atoms with Crippen LogP contribution in [0.5, 0.6) is 5.88 Å². The van der Waals surface area contributed by atoms with Crippen molar-refractivity contribution in [3.05, 3.63) is 12.3 Å².